The van der Waals surface area contributed by atoms with Crippen LogP contribution in [-0.2, 0) is 4.79 Å². The molecule has 11 heavy (non-hydrogen) atoms. The van der Waals surface area contributed by atoms with E-state index in [0.717, 1.165) is 25.7 Å². The molecule has 0 aliphatic rings. The Hall–Kier alpha value is -0.770. The quantitative estimate of drug-likeness (QED) is 0.436. The standard InChI is InChI=1S/C10H16O/c1-4-7-8-9(5-2)10(11)6-3/h3,9H,4-5,7-8H2,1-2H3. The van der Waals surface area contributed by atoms with Gasteiger partial charge in [0.2, 0.25) is 5.78 Å². The minimum absolute atomic E-state index is 0.0269. The van der Waals surface area contributed by atoms with Crippen LogP contribution in [0.15, 0.2) is 0 Å². The monoisotopic (exact) mass is 152 g/mol. The summed E-state index contributed by atoms with van der Waals surface area (Å²) in [5, 5.41) is 0. The molecule has 1 atom stereocenters. The minimum atomic E-state index is -0.0269. The van der Waals surface area contributed by atoms with Gasteiger partial charge in [0.05, 0.1) is 0 Å². The lowest BCUT2D eigenvalue weighted by atomic mass is 9.95. The third-order valence-corrected chi connectivity index (χ3v) is 1.91. The van der Waals surface area contributed by atoms with Gasteiger partial charge in [0.1, 0.15) is 0 Å². The molecule has 0 N–H and O–H groups in total. The van der Waals surface area contributed by atoms with Crippen LogP contribution in [0.25, 0.3) is 0 Å². The van der Waals surface area contributed by atoms with Crippen molar-refractivity contribution in [2.24, 2.45) is 5.92 Å². The number of Topliss-reactive ketones (excluding diaryl/α,β-unsaturated/α-hetero) is 1. The molecule has 0 fully saturated rings. The maximum atomic E-state index is 11.0. The Labute approximate surface area is 69.2 Å². The molecule has 0 saturated carbocycles. The topological polar surface area (TPSA) is 17.1 Å². The first-order valence-electron chi connectivity index (χ1n) is 4.26. The highest BCUT2D eigenvalue weighted by Crippen LogP contribution is 2.12. The van der Waals surface area contributed by atoms with E-state index in [-0.39, 0.29) is 11.7 Å². The molecule has 0 heterocycles. The van der Waals surface area contributed by atoms with Crippen LogP contribution in [-0.4, -0.2) is 5.78 Å². The van der Waals surface area contributed by atoms with Crippen molar-refractivity contribution in [1.82, 2.24) is 0 Å². The van der Waals surface area contributed by atoms with E-state index in [2.05, 4.69) is 12.8 Å². The lowest BCUT2D eigenvalue weighted by Crippen LogP contribution is -2.10. The normalized spacial score (nSPS) is 12.1. The van der Waals surface area contributed by atoms with Crippen LogP contribution in [0.2, 0.25) is 0 Å². The van der Waals surface area contributed by atoms with Crippen LogP contribution in [0.3, 0.4) is 0 Å². The number of rotatable bonds is 5. The molecule has 0 aliphatic heterocycles. The Morgan fingerprint density at radius 2 is 2.18 bits per heavy atom. The van der Waals surface area contributed by atoms with E-state index >= 15 is 0 Å². The summed E-state index contributed by atoms with van der Waals surface area (Å²) in [6, 6.07) is 0. The summed E-state index contributed by atoms with van der Waals surface area (Å²) in [7, 11) is 0. The summed E-state index contributed by atoms with van der Waals surface area (Å²) >= 11 is 0. The van der Waals surface area contributed by atoms with Crippen LogP contribution < -0.4 is 0 Å². The highest BCUT2D eigenvalue weighted by atomic mass is 16.1. The number of hydrogen-bond donors (Lipinski definition) is 0. The van der Waals surface area contributed by atoms with E-state index in [1.54, 1.807) is 0 Å². The van der Waals surface area contributed by atoms with Gasteiger partial charge in [0.15, 0.2) is 0 Å². The summed E-state index contributed by atoms with van der Waals surface area (Å²) < 4.78 is 0. The highest BCUT2D eigenvalue weighted by molar-refractivity contribution is 5.96. The van der Waals surface area contributed by atoms with Gasteiger partial charge in [-0.15, -0.1) is 6.42 Å². The van der Waals surface area contributed by atoms with Crippen molar-refractivity contribution in [3.8, 4) is 12.3 Å². The minimum Gasteiger partial charge on any atom is -0.285 e. The molecule has 0 aromatic rings. The van der Waals surface area contributed by atoms with Gasteiger partial charge in [0, 0.05) is 5.92 Å². The zero-order valence-corrected chi connectivity index (χ0v) is 7.39. The van der Waals surface area contributed by atoms with E-state index in [0.29, 0.717) is 0 Å². The van der Waals surface area contributed by atoms with Crippen LogP contribution >= 0.6 is 0 Å². The summed E-state index contributed by atoms with van der Waals surface area (Å²) in [6.07, 6.45) is 9.09. The first kappa shape index (κ1) is 10.2. The molecular formula is C10H16O. The smallest absolute Gasteiger partial charge is 0.208 e. The summed E-state index contributed by atoms with van der Waals surface area (Å²) in [6.45, 7) is 4.13. The number of ketones is 1. The SMILES string of the molecule is C#CC(=O)C(CC)CCCC. The average Bonchev–Trinajstić information content (AvgIpc) is 2.05. The molecule has 62 valence electrons. The Morgan fingerprint density at radius 1 is 1.55 bits per heavy atom. The first-order chi connectivity index (χ1) is 5.26. The fraction of sp³-hybridized carbons (Fsp3) is 0.700. The number of hydrogen-bond acceptors (Lipinski definition) is 1. The Morgan fingerprint density at radius 3 is 2.55 bits per heavy atom. The molecule has 0 aromatic carbocycles. The van der Waals surface area contributed by atoms with Gasteiger partial charge >= 0.3 is 0 Å². The molecule has 0 spiro atoms. The lowest BCUT2D eigenvalue weighted by Gasteiger charge is -2.07. The lowest BCUT2D eigenvalue weighted by molar-refractivity contribution is -0.117. The maximum absolute atomic E-state index is 11.0. The second-order valence-electron chi connectivity index (χ2n) is 2.76. The second kappa shape index (κ2) is 5.97. The largest absolute Gasteiger partial charge is 0.285 e. The van der Waals surface area contributed by atoms with Gasteiger partial charge in [-0.05, 0) is 18.8 Å². The Kier molecular flexibility index (Phi) is 5.56. The molecule has 1 nitrogen and oxygen atoms in total. The fourth-order valence-corrected chi connectivity index (χ4v) is 1.09. The highest BCUT2D eigenvalue weighted by Gasteiger charge is 2.12. The van der Waals surface area contributed by atoms with E-state index in [1.807, 2.05) is 6.92 Å². The Balaban J connectivity index is 3.77. The zero-order valence-electron chi connectivity index (χ0n) is 7.39. The van der Waals surface area contributed by atoms with Crippen LogP contribution in [0.1, 0.15) is 39.5 Å². The molecule has 0 aromatic heterocycles. The van der Waals surface area contributed by atoms with Gasteiger partial charge in [0.25, 0.3) is 0 Å². The van der Waals surface area contributed by atoms with E-state index in [9.17, 15) is 4.79 Å². The fourth-order valence-electron chi connectivity index (χ4n) is 1.09. The molecule has 0 aliphatic carbocycles. The van der Waals surface area contributed by atoms with Crippen molar-refractivity contribution in [3.63, 3.8) is 0 Å². The second-order valence-corrected chi connectivity index (χ2v) is 2.76. The molecule has 1 heteroatoms. The summed E-state index contributed by atoms with van der Waals surface area (Å²) in [5.41, 5.74) is 0. The number of terminal acetylenes is 1. The zero-order chi connectivity index (χ0) is 8.69. The van der Waals surface area contributed by atoms with Crippen molar-refractivity contribution >= 4 is 5.78 Å². The predicted molar refractivity (Wildman–Crippen MR) is 47.1 cm³/mol. The average molecular weight is 152 g/mol. The maximum Gasteiger partial charge on any atom is 0.208 e. The van der Waals surface area contributed by atoms with Crippen molar-refractivity contribution in [2.75, 3.05) is 0 Å². The summed E-state index contributed by atoms with van der Waals surface area (Å²) in [5.74, 6) is 2.27. The van der Waals surface area contributed by atoms with Gasteiger partial charge in [-0.2, -0.15) is 0 Å². The van der Waals surface area contributed by atoms with Crippen molar-refractivity contribution in [3.05, 3.63) is 0 Å². The number of unbranched alkanes of at least 4 members (excludes halogenated alkanes) is 1. The van der Waals surface area contributed by atoms with Gasteiger partial charge < -0.3 is 0 Å². The van der Waals surface area contributed by atoms with Crippen LogP contribution in [0.4, 0.5) is 0 Å². The predicted octanol–water partition coefficient (Wildman–Crippen LogP) is 2.41. The summed E-state index contributed by atoms with van der Waals surface area (Å²) in [4.78, 5) is 11.0. The third kappa shape index (κ3) is 3.83. The molecular weight excluding hydrogens is 136 g/mol. The third-order valence-electron chi connectivity index (χ3n) is 1.91. The van der Waals surface area contributed by atoms with Crippen molar-refractivity contribution in [1.29, 1.82) is 0 Å². The van der Waals surface area contributed by atoms with Crippen LogP contribution in [0, 0.1) is 18.3 Å². The molecule has 0 bridgehead atoms. The van der Waals surface area contributed by atoms with Crippen LogP contribution in [0.5, 0.6) is 0 Å². The number of carbonyl (C=O) groups is 1. The molecule has 0 saturated heterocycles. The Bertz CT molecular complexity index is 153. The number of carbonyl (C=O) groups excluding carboxylic acids is 1. The molecule has 0 amide bonds. The first-order valence-corrected chi connectivity index (χ1v) is 4.26. The molecule has 0 rings (SSSR count). The van der Waals surface area contributed by atoms with Gasteiger partial charge in [-0.25, -0.2) is 0 Å². The van der Waals surface area contributed by atoms with Gasteiger partial charge in [-0.3, -0.25) is 4.79 Å². The molecule has 0 radical (unpaired) electrons. The van der Waals surface area contributed by atoms with E-state index < -0.39 is 0 Å². The van der Waals surface area contributed by atoms with E-state index in [1.165, 1.54) is 0 Å². The van der Waals surface area contributed by atoms with Crippen molar-refractivity contribution < 1.29 is 4.79 Å². The van der Waals surface area contributed by atoms with E-state index in [4.69, 9.17) is 6.42 Å². The molecule has 1 unspecified atom stereocenters. The van der Waals surface area contributed by atoms with Crippen molar-refractivity contribution in [2.45, 2.75) is 39.5 Å². The van der Waals surface area contributed by atoms with Gasteiger partial charge in [-0.1, -0.05) is 26.7 Å².